The summed E-state index contributed by atoms with van der Waals surface area (Å²) >= 11 is 7.69. The number of hydrogen-bond donors (Lipinski definition) is 1. The minimum Gasteiger partial charge on any atom is -0.361 e. The first-order valence-corrected chi connectivity index (χ1v) is 8.20. The highest BCUT2D eigenvalue weighted by molar-refractivity contribution is 7.22. The van der Waals surface area contributed by atoms with E-state index >= 15 is 0 Å². The fraction of sp³-hybridized carbons (Fsp3) is 0.533. The molecule has 19 heavy (non-hydrogen) atoms. The fourth-order valence-corrected chi connectivity index (χ4v) is 3.89. The molecule has 1 aromatic carbocycles. The molecule has 0 unspecified atom stereocenters. The quantitative estimate of drug-likeness (QED) is 0.843. The molecule has 2 aromatic rings. The summed E-state index contributed by atoms with van der Waals surface area (Å²) in [5, 5.41) is 5.31. The van der Waals surface area contributed by atoms with E-state index in [0.29, 0.717) is 0 Å². The molecule has 1 saturated carbocycles. The summed E-state index contributed by atoms with van der Waals surface area (Å²) < 4.78 is 1.16. The summed E-state index contributed by atoms with van der Waals surface area (Å²) in [6, 6.07) is 5.87. The third-order valence-corrected chi connectivity index (χ3v) is 5.24. The Hall–Kier alpha value is -0.800. The van der Waals surface area contributed by atoms with Gasteiger partial charge in [0.1, 0.15) is 0 Å². The van der Waals surface area contributed by atoms with E-state index in [1.54, 1.807) is 11.3 Å². The van der Waals surface area contributed by atoms with E-state index in [1.807, 2.05) is 18.2 Å². The van der Waals surface area contributed by atoms with Gasteiger partial charge in [0.15, 0.2) is 5.13 Å². The molecule has 0 saturated heterocycles. The maximum atomic E-state index is 6.00. The minimum atomic E-state index is 0.781. The van der Waals surface area contributed by atoms with Gasteiger partial charge in [0.05, 0.1) is 10.2 Å². The van der Waals surface area contributed by atoms with E-state index in [1.165, 1.54) is 25.7 Å². The molecule has 1 aromatic heterocycles. The molecule has 4 heteroatoms. The molecular formula is C15H19ClN2S. The molecule has 102 valence electrons. The molecule has 3 rings (SSSR count). The molecular weight excluding hydrogens is 276 g/mol. The molecule has 1 aliphatic rings. The third-order valence-electron chi connectivity index (χ3n) is 4.03. The van der Waals surface area contributed by atoms with Gasteiger partial charge in [-0.25, -0.2) is 4.98 Å². The molecule has 1 N–H and O–H groups in total. The van der Waals surface area contributed by atoms with Crippen molar-refractivity contribution >= 4 is 38.3 Å². The summed E-state index contributed by atoms with van der Waals surface area (Å²) in [4.78, 5) is 4.60. The van der Waals surface area contributed by atoms with Crippen LogP contribution in [-0.4, -0.2) is 11.5 Å². The summed E-state index contributed by atoms with van der Waals surface area (Å²) in [6.07, 6.45) is 5.46. The fourth-order valence-electron chi connectivity index (χ4n) is 2.74. The standard InChI is InChI=1S/C15H19ClN2S/c1-10-2-4-11(5-3-10)9-17-15-18-13-7-6-12(16)8-14(13)19-15/h6-8,10-11H,2-5,9H2,1H3,(H,17,18). The van der Waals surface area contributed by atoms with Gasteiger partial charge in [-0.15, -0.1) is 0 Å². The Bertz CT molecular complexity index is 558. The van der Waals surface area contributed by atoms with Crippen LogP contribution in [0.25, 0.3) is 10.2 Å². The lowest BCUT2D eigenvalue weighted by atomic mass is 9.83. The molecule has 1 fully saturated rings. The number of nitrogens with one attached hydrogen (secondary N) is 1. The van der Waals surface area contributed by atoms with E-state index in [2.05, 4.69) is 17.2 Å². The third kappa shape index (κ3) is 3.21. The number of thiazole rings is 1. The predicted molar refractivity (Wildman–Crippen MR) is 84.2 cm³/mol. The highest BCUT2D eigenvalue weighted by Crippen LogP contribution is 2.31. The number of rotatable bonds is 3. The Kier molecular flexibility index (Phi) is 3.94. The molecule has 0 bridgehead atoms. The average molecular weight is 295 g/mol. The molecule has 1 heterocycles. The highest BCUT2D eigenvalue weighted by atomic mass is 35.5. The zero-order valence-corrected chi connectivity index (χ0v) is 12.7. The van der Waals surface area contributed by atoms with Gasteiger partial charge >= 0.3 is 0 Å². The van der Waals surface area contributed by atoms with Crippen LogP contribution in [0.2, 0.25) is 5.02 Å². The van der Waals surface area contributed by atoms with Gasteiger partial charge < -0.3 is 5.32 Å². The van der Waals surface area contributed by atoms with Crippen molar-refractivity contribution in [2.75, 3.05) is 11.9 Å². The number of nitrogens with zero attached hydrogens (tertiary/aromatic N) is 1. The molecule has 0 radical (unpaired) electrons. The van der Waals surface area contributed by atoms with Crippen molar-refractivity contribution in [1.29, 1.82) is 0 Å². The minimum absolute atomic E-state index is 0.781. The maximum Gasteiger partial charge on any atom is 0.183 e. The number of halogens is 1. The van der Waals surface area contributed by atoms with Gasteiger partial charge in [-0.1, -0.05) is 42.7 Å². The van der Waals surface area contributed by atoms with Gasteiger partial charge in [0.25, 0.3) is 0 Å². The molecule has 0 aliphatic heterocycles. The first-order valence-electron chi connectivity index (χ1n) is 7.00. The lowest BCUT2D eigenvalue weighted by Gasteiger charge is -2.26. The van der Waals surface area contributed by atoms with E-state index in [0.717, 1.165) is 38.8 Å². The summed E-state index contributed by atoms with van der Waals surface area (Å²) in [7, 11) is 0. The predicted octanol–water partition coefficient (Wildman–Crippen LogP) is 5.19. The van der Waals surface area contributed by atoms with Crippen molar-refractivity contribution in [3.63, 3.8) is 0 Å². The number of fused-ring (bicyclic) bond motifs is 1. The van der Waals surface area contributed by atoms with E-state index in [9.17, 15) is 0 Å². The van der Waals surface area contributed by atoms with E-state index in [4.69, 9.17) is 11.6 Å². The van der Waals surface area contributed by atoms with Crippen LogP contribution in [-0.2, 0) is 0 Å². The monoisotopic (exact) mass is 294 g/mol. The lowest BCUT2D eigenvalue weighted by molar-refractivity contribution is 0.300. The first-order chi connectivity index (χ1) is 9.20. The second-order valence-electron chi connectivity index (χ2n) is 5.64. The average Bonchev–Trinajstić information content (AvgIpc) is 2.80. The van der Waals surface area contributed by atoms with Crippen molar-refractivity contribution in [2.24, 2.45) is 11.8 Å². The van der Waals surface area contributed by atoms with Crippen LogP contribution in [0.3, 0.4) is 0 Å². The van der Waals surface area contributed by atoms with Crippen LogP contribution >= 0.6 is 22.9 Å². The maximum absolute atomic E-state index is 6.00. The largest absolute Gasteiger partial charge is 0.361 e. The Labute approximate surface area is 123 Å². The van der Waals surface area contributed by atoms with Gasteiger partial charge in [-0.2, -0.15) is 0 Å². The summed E-state index contributed by atoms with van der Waals surface area (Å²) in [5.41, 5.74) is 1.04. The zero-order chi connectivity index (χ0) is 13.2. The molecule has 0 atom stereocenters. The zero-order valence-electron chi connectivity index (χ0n) is 11.2. The van der Waals surface area contributed by atoms with Crippen LogP contribution in [0.4, 0.5) is 5.13 Å². The number of aromatic nitrogens is 1. The Balaban J connectivity index is 1.62. The molecule has 2 nitrogen and oxygen atoms in total. The second-order valence-corrected chi connectivity index (χ2v) is 7.10. The summed E-state index contributed by atoms with van der Waals surface area (Å²) in [6.45, 7) is 3.42. The lowest BCUT2D eigenvalue weighted by Crippen LogP contribution is -2.20. The Morgan fingerprint density at radius 1 is 1.32 bits per heavy atom. The Morgan fingerprint density at radius 3 is 2.89 bits per heavy atom. The molecule has 1 aliphatic carbocycles. The van der Waals surface area contributed by atoms with Crippen LogP contribution in [0.15, 0.2) is 18.2 Å². The molecule has 0 spiro atoms. The summed E-state index contributed by atoms with van der Waals surface area (Å²) in [5.74, 6) is 1.73. The van der Waals surface area contributed by atoms with Crippen molar-refractivity contribution < 1.29 is 0 Å². The smallest absolute Gasteiger partial charge is 0.183 e. The van der Waals surface area contributed by atoms with E-state index < -0.39 is 0 Å². The number of anilines is 1. The van der Waals surface area contributed by atoms with Crippen molar-refractivity contribution in [1.82, 2.24) is 4.98 Å². The SMILES string of the molecule is CC1CCC(CNc2nc3ccc(Cl)cc3s2)CC1. The van der Waals surface area contributed by atoms with Gasteiger partial charge in [0.2, 0.25) is 0 Å². The van der Waals surface area contributed by atoms with Crippen molar-refractivity contribution in [2.45, 2.75) is 32.6 Å². The normalized spacial score (nSPS) is 23.7. The highest BCUT2D eigenvalue weighted by Gasteiger charge is 2.18. The van der Waals surface area contributed by atoms with Gasteiger partial charge in [0, 0.05) is 11.6 Å². The van der Waals surface area contributed by atoms with Crippen LogP contribution in [0, 0.1) is 11.8 Å². The topological polar surface area (TPSA) is 24.9 Å². The van der Waals surface area contributed by atoms with Crippen molar-refractivity contribution in [3.8, 4) is 0 Å². The first kappa shape index (κ1) is 13.2. The number of hydrogen-bond acceptors (Lipinski definition) is 3. The molecule has 0 amide bonds. The van der Waals surface area contributed by atoms with Crippen LogP contribution in [0.5, 0.6) is 0 Å². The van der Waals surface area contributed by atoms with E-state index in [-0.39, 0.29) is 0 Å². The van der Waals surface area contributed by atoms with Crippen LogP contribution < -0.4 is 5.32 Å². The Morgan fingerprint density at radius 2 is 2.11 bits per heavy atom. The number of benzene rings is 1. The van der Waals surface area contributed by atoms with Gasteiger partial charge in [-0.3, -0.25) is 0 Å². The van der Waals surface area contributed by atoms with Crippen LogP contribution in [0.1, 0.15) is 32.6 Å². The second kappa shape index (κ2) is 5.68. The van der Waals surface area contributed by atoms with Gasteiger partial charge in [-0.05, 0) is 42.9 Å². The van der Waals surface area contributed by atoms with Crippen molar-refractivity contribution in [3.05, 3.63) is 23.2 Å².